The van der Waals surface area contributed by atoms with E-state index in [9.17, 15) is 0 Å². The minimum atomic E-state index is 0. The first-order chi connectivity index (χ1) is 10.8. The molecule has 124 valence electrons. The third-order valence-corrected chi connectivity index (χ3v) is 3.54. The van der Waals surface area contributed by atoms with E-state index in [4.69, 9.17) is 0 Å². The smallest absolute Gasteiger partial charge is 0.191 e. The third kappa shape index (κ3) is 7.50. The first-order valence-electron chi connectivity index (χ1n) is 7.82. The number of hydrogen-bond acceptors (Lipinski definition) is 1. The zero-order valence-electron chi connectivity index (χ0n) is 13.9. The summed E-state index contributed by atoms with van der Waals surface area (Å²) in [7, 11) is 1.81. The molecule has 0 atom stereocenters. The van der Waals surface area contributed by atoms with Gasteiger partial charge in [-0.25, -0.2) is 0 Å². The van der Waals surface area contributed by atoms with Gasteiger partial charge in [-0.1, -0.05) is 60.2 Å². The molecule has 0 fully saturated rings. The van der Waals surface area contributed by atoms with Crippen molar-refractivity contribution in [2.45, 2.75) is 26.3 Å². The highest BCUT2D eigenvalue weighted by atomic mass is 127. The Labute approximate surface area is 156 Å². The van der Waals surface area contributed by atoms with Crippen LogP contribution in [0, 0.1) is 6.92 Å². The van der Waals surface area contributed by atoms with Crippen molar-refractivity contribution in [2.24, 2.45) is 4.99 Å². The Hall–Kier alpha value is -1.56. The topological polar surface area (TPSA) is 36.4 Å². The maximum Gasteiger partial charge on any atom is 0.191 e. The fraction of sp³-hybridized carbons (Fsp3) is 0.316. The molecule has 0 unspecified atom stereocenters. The summed E-state index contributed by atoms with van der Waals surface area (Å²) in [4.78, 5) is 4.26. The van der Waals surface area contributed by atoms with Gasteiger partial charge in [0.2, 0.25) is 0 Å². The van der Waals surface area contributed by atoms with Crippen LogP contribution in [0.25, 0.3) is 0 Å². The van der Waals surface area contributed by atoms with Gasteiger partial charge in [0.05, 0.1) is 0 Å². The summed E-state index contributed by atoms with van der Waals surface area (Å²) in [6.07, 6.45) is 2.18. The molecule has 0 saturated carbocycles. The normalized spacial score (nSPS) is 10.8. The van der Waals surface area contributed by atoms with Gasteiger partial charge in [0.1, 0.15) is 0 Å². The molecule has 0 amide bonds. The van der Waals surface area contributed by atoms with Crippen molar-refractivity contribution in [3.8, 4) is 0 Å². The Kier molecular flexibility index (Phi) is 9.36. The molecule has 0 aromatic heterocycles. The van der Waals surface area contributed by atoms with E-state index in [-0.39, 0.29) is 24.0 Å². The largest absolute Gasteiger partial charge is 0.356 e. The summed E-state index contributed by atoms with van der Waals surface area (Å²) in [6.45, 7) is 3.82. The summed E-state index contributed by atoms with van der Waals surface area (Å²) >= 11 is 0. The predicted octanol–water partition coefficient (Wildman–Crippen LogP) is 3.91. The average Bonchev–Trinajstić information content (AvgIpc) is 2.55. The van der Waals surface area contributed by atoms with Crippen molar-refractivity contribution >= 4 is 29.9 Å². The summed E-state index contributed by atoms with van der Waals surface area (Å²) in [5.74, 6) is 0.856. The third-order valence-electron chi connectivity index (χ3n) is 3.54. The zero-order chi connectivity index (χ0) is 15.6. The second-order valence-electron chi connectivity index (χ2n) is 5.43. The molecule has 23 heavy (non-hydrogen) atoms. The lowest BCUT2D eigenvalue weighted by Gasteiger charge is -2.12. The predicted molar refractivity (Wildman–Crippen MR) is 110 cm³/mol. The van der Waals surface area contributed by atoms with E-state index in [2.05, 4.69) is 77.1 Å². The highest BCUT2D eigenvalue weighted by Crippen LogP contribution is 2.03. The summed E-state index contributed by atoms with van der Waals surface area (Å²) < 4.78 is 0. The second-order valence-corrected chi connectivity index (χ2v) is 5.43. The van der Waals surface area contributed by atoms with Crippen LogP contribution in [0.15, 0.2) is 59.6 Å². The van der Waals surface area contributed by atoms with Crippen molar-refractivity contribution in [3.63, 3.8) is 0 Å². The van der Waals surface area contributed by atoms with Gasteiger partial charge in [-0.3, -0.25) is 4.99 Å². The number of nitrogens with one attached hydrogen (secondary N) is 2. The molecule has 2 aromatic carbocycles. The Morgan fingerprint density at radius 2 is 1.70 bits per heavy atom. The van der Waals surface area contributed by atoms with Crippen molar-refractivity contribution in [1.82, 2.24) is 10.6 Å². The fourth-order valence-corrected chi connectivity index (χ4v) is 2.37. The van der Waals surface area contributed by atoms with Crippen molar-refractivity contribution in [1.29, 1.82) is 0 Å². The number of nitrogens with zero attached hydrogens (tertiary/aromatic N) is 1. The van der Waals surface area contributed by atoms with Crippen molar-refractivity contribution < 1.29 is 0 Å². The van der Waals surface area contributed by atoms with Gasteiger partial charge >= 0.3 is 0 Å². The molecule has 0 aliphatic rings. The van der Waals surface area contributed by atoms with Gasteiger partial charge in [0.15, 0.2) is 5.96 Å². The molecule has 0 spiro atoms. The van der Waals surface area contributed by atoms with Gasteiger partial charge in [-0.05, 0) is 30.9 Å². The van der Waals surface area contributed by atoms with Crippen LogP contribution >= 0.6 is 24.0 Å². The number of halogens is 1. The fourth-order valence-electron chi connectivity index (χ4n) is 2.37. The summed E-state index contributed by atoms with van der Waals surface area (Å²) in [6, 6.07) is 19.1. The number of aliphatic imine (C=N–C) groups is 1. The van der Waals surface area contributed by atoms with Crippen LogP contribution in [-0.4, -0.2) is 19.6 Å². The first-order valence-corrected chi connectivity index (χ1v) is 7.82. The number of benzene rings is 2. The molecule has 4 heteroatoms. The van der Waals surface area contributed by atoms with E-state index in [0.29, 0.717) is 0 Å². The monoisotopic (exact) mass is 423 g/mol. The van der Waals surface area contributed by atoms with Crippen LogP contribution in [-0.2, 0) is 13.0 Å². The van der Waals surface area contributed by atoms with Crippen LogP contribution in [0.2, 0.25) is 0 Å². The molecule has 2 rings (SSSR count). The zero-order valence-corrected chi connectivity index (χ0v) is 16.2. The maximum atomic E-state index is 4.26. The van der Waals surface area contributed by atoms with Gasteiger partial charge in [0.25, 0.3) is 0 Å². The first kappa shape index (κ1) is 19.5. The number of rotatable bonds is 6. The summed E-state index contributed by atoms with van der Waals surface area (Å²) in [5, 5.41) is 6.71. The molecule has 0 aliphatic heterocycles. The molecule has 0 bridgehead atoms. The van der Waals surface area contributed by atoms with Gasteiger partial charge in [0, 0.05) is 20.1 Å². The van der Waals surface area contributed by atoms with E-state index in [0.717, 1.165) is 31.9 Å². The lowest BCUT2D eigenvalue weighted by molar-refractivity contribution is 0.742. The highest BCUT2D eigenvalue weighted by molar-refractivity contribution is 14.0. The molecule has 0 heterocycles. The van der Waals surface area contributed by atoms with Gasteiger partial charge in [-0.2, -0.15) is 0 Å². The number of aryl methyl sites for hydroxylation is 2. The van der Waals surface area contributed by atoms with E-state index < -0.39 is 0 Å². The van der Waals surface area contributed by atoms with Crippen LogP contribution in [0.4, 0.5) is 0 Å². The molecule has 2 N–H and O–H groups in total. The van der Waals surface area contributed by atoms with Crippen LogP contribution in [0.5, 0.6) is 0 Å². The van der Waals surface area contributed by atoms with Gasteiger partial charge in [-0.15, -0.1) is 24.0 Å². The van der Waals surface area contributed by atoms with Crippen LogP contribution < -0.4 is 10.6 Å². The molecule has 0 saturated heterocycles. The Balaban J connectivity index is 0.00000264. The minimum absolute atomic E-state index is 0. The van der Waals surface area contributed by atoms with E-state index in [1.807, 2.05) is 7.05 Å². The van der Waals surface area contributed by atoms with E-state index in [1.165, 1.54) is 16.7 Å². The number of hydrogen-bond donors (Lipinski definition) is 2. The lowest BCUT2D eigenvalue weighted by Crippen LogP contribution is -2.37. The lowest BCUT2D eigenvalue weighted by atomic mass is 10.1. The Morgan fingerprint density at radius 1 is 0.957 bits per heavy atom. The molecular weight excluding hydrogens is 397 g/mol. The molecule has 2 aromatic rings. The van der Waals surface area contributed by atoms with E-state index >= 15 is 0 Å². The molecule has 0 radical (unpaired) electrons. The SMILES string of the molecule is CN=C(NCCCc1ccccc1)NCc1cccc(C)c1.I. The maximum absolute atomic E-state index is 4.26. The standard InChI is InChI=1S/C19H25N3.HI/c1-16-8-6-11-18(14-16)15-22-19(20-2)21-13-7-12-17-9-4-3-5-10-17;/h3-6,8-11,14H,7,12-13,15H2,1-2H3,(H2,20,21,22);1H. The Bertz CT molecular complexity index is 597. The molecule has 0 aliphatic carbocycles. The molecular formula is C19H26IN3. The van der Waals surface area contributed by atoms with Crippen molar-refractivity contribution in [3.05, 3.63) is 71.3 Å². The van der Waals surface area contributed by atoms with Crippen LogP contribution in [0.1, 0.15) is 23.1 Å². The Morgan fingerprint density at radius 3 is 2.39 bits per heavy atom. The average molecular weight is 423 g/mol. The second kappa shape index (κ2) is 11.0. The van der Waals surface area contributed by atoms with Crippen LogP contribution in [0.3, 0.4) is 0 Å². The molecule has 3 nitrogen and oxygen atoms in total. The highest BCUT2D eigenvalue weighted by Gasteiger charge is 1.99. The van der Waals surface area contributed by atoms with Gasteiger partial charge < -0.3 is 10.6 Å². The minimum Gasteiger partial charge on any atom is -0.356 e. The van der Waals surface area contributed by atoms with Crippen molar-refractivity contribution in [2.75, 3.05) is 13.6 Å². The van der Waals surface area contributed by atoms with E-state index in [1.54, 1.807) is 0 Å². The quantitative estimate of drug-likeness (QED) is 0.320. The number of guanidine groups is 1. The summed E-state index contributed by atoms with van der Waals surface area (Å²) in [5.41, 5.74) is 3.93.